The van der Waals surface area contributed by atoms with Crippen LogP contribution < -0.4 is 5.32 Å². The summed E-state index contributed by atoms with van der Waals surface area (Å²) in [6.07, 6.45) is 11.2. The Morgan fingerprint density at radius 3 is 3.06 bits per heavy atom. The van der Waals surface area contributed by atoms with Gasteiger partial charge < -0.3 is 9.88 Å². The van der Waals surface area contributed by atoms with Crippen molar-refractivity contribution in [3.63, 3.8) is 0 Å². The van der Waals surface area contributed by atoms with Crippen molar-refractivity contribution in [1.29, 1.82) is 0 Å². The summed E-state index contributed by atoms with van der Waals surface area (Å²) < 4.78 is 2.10. The average Bonchev–Trinajstić information content (AvgIpc) is 3.12. The molecule has 4 nitrogen and oxygen atoms in total. The van der Waals surface area contributed by atoms with Crippen LogP contribution in [0.5, 0.6) is 0 Å². The quantitative estimate of drug-likeness (QED) is 0.873. The van der Waals surface area contributed by atoms with E-state index in [1.165, 1.54) is 18.4 Å². The van der Waals surface area contributed by atoms with Gasteiger partial charge in [-0.25, -0.2) is 4.98 Å². The molecule has 0 bridgehead atoms. The largest absolute Gasteiger partial charge is 0.310 e. The van der Waals surface area contributed by atoms with E-state index in [-0.39, 0.29) is 0 Å². The summed E-state index contributed by atoms with van der Waals surface area (Å²) in [7, 11) is 0. The van der Waals surface area contributed by atoms with Crippen molar-refractivity contribution in [2.75, 3.05) is 0 Å². The molecule has 1 aliphatic rings. The summed E-state index contributed by atoms with van der Waals surface area (Å²) in [6.45, 7) is 3.02. The van der Waals surface area contributed by atoms with Crippen molar-refractivity contribution < 1.29 is 0 Å². The molecule has 18 heavy (non-hydrogen) atoms. The molecular formula is C14H18N4. The Hall–Kier alpha value is -1.68. The van der Waals surface area contributed by atoms with E-state index in [2.05, 4.69) is 32.8 Å². The highest BCUT2D eigenvalue weighted by molar-refractivity contribution is 5.33. The number of hydrogen-bond acceptors (Lipinski definition) is 3. The maximum Gasteiger partial charge on any atom is 0.112 e. The van der Waals surface area contributed by atoms with Gasteiger partial charge in [0.1, 0.15) is 5.82 Å². The van der Waals surface area contributed by atoms with Crippen molar-refractivity contribution >= 4 is 0 Å². The lowest BCUT2D eigenvalue weighted by molar-refractivity contribution is 0.685. The fourth-order valence-corrected chi connectivity index (χ4v) is 2.08. The zero-order valence-electron chi connectivity index (χ0n) is 10.6. The minimum atomic E-state index is 0.730. The Labute approximate surface area is 107 Å². The number of aromatic nitrogens is 3. The van der Waals surface area contributed by atoms with Gasteiger partial charge in [0.05, 0.1) is 11.9 Å². The average molecular weight is 242 g/mol. The number of nitrogens with zero attached hydrogens (tertiary/aromatic N) is 3. The van der Waals surface area contributed by atoms with Crippen LogP contribution in [0.15, 0.2) is 30.9 Å². The molecule has 0 unspecified atom stereocenters. The van der Waals surface area contributed by atoms with Crippen molar-refractivity contribution in [3.8, 4) is 5.69 Å². The Kier molecular flexibility index (Phi) is 3.11. The highest BCUT2D eigenvalue weighted by Crippen LogP contribution is 2.19. The van der Waals surface area contributed by atoms with E-state index in [0.29, 0.717) is 0 Å². The van der Waals surface area contributed by atoms with Crippen molar-refractivity contribution in [2.24, 2.45) is 0 Å². The third kappa shape index (κ3) is 2.43. The van der Waals surface area contributed by atoms with Crippen LogP contribution in [0.1, 0.15) is 31.2 Å². The maximum absolute atomic E-state index is 4.34. The minimum absolute atomic E-state index is 0.730. The molecule has 2 aromatic rings. The number of nitrogens with one attached hydrogen (secondary N) is 1. The van der Waals surface area contributed by atoms with E-state index in [1.807, 2.05) is 24.8 Å². The van der Waals surface area contributed by atoms with E-state index < -0.39 is 0 Å². The molecule has 2 heterocycles. The number of pyridine rings is 1. The van der Waals surface area contributed by atoms with Gasteiger partial charge in [-0.1, -0.05) is 6.92 Å². The second-order valence-electron chi connectivity index (χ2n) is 4.77. The molecule has 94 valence electrons. The molecule has 1 fully saturated rings. The molecule has 0 aliphatic heterocycles. The highest BCUT2D eigenvalue weighted by atomic mass is 15.1. The summed E-state index contributed by atoms with van der Waals surface area (Å²) in [4.78, 5) is 8.67. The number of hydrogen-bond donors (Lipinski definition) is 1. The molecule has 0 radical (unpaired) electrons. The van der Waals surface area contributed by atoms with Gasteiger partial charge in [0.25, 0.3) is 0 Å². The van der Waals surface area contributed by atoms with Gasteiger partial charge in [-0.3, -0.25) is 4.98 Å². The van der Waals surface area contributed by atoms with Crippen molar-refractivity contribution in [1.82, 2.24) is 19.9 Å². The fourth-order valence-electron chi connectivity index (χ4n) is 2.08. The van der Waals surface area contributed by atoms with E-state index in [4.69, 9.17) is 0 Å². The summed E-state index contributed by atoms with van der Waals surface area (Å²) in [5.41, 5.74) is 2.33. The molecule has 1 saturated carbocycles. The van der Waals surface area contributed by atoms with Crippen molar-refractivity contribution in [2.45, 2.75) is 38.8 Å². The molecule has 2 aromatic heterocycles. The third-order valence-electron chi connectivity index (χ3n) is 3.26. The molecule has 1 aliphatic carbocycles. The molecular weight excluding hydrogens is 224 g/mol. The van der Waals surface area contributed by atoms with Crippen LogP contribution in [0.2, 0.25) is 0 Å². The standard InChI is InChI=1S/C14H18N4/c1-2-14-16-5-6-18(14)13-7-11(8-15-10-13)9-17-12-3-4-12/h5-8,10,12,17H,2-4,9H2,1H3. The molecule has 1 N–H and O–H groups in total. The Balaban J connectivity index is 1.80. The van der Waals surface area contributed by atoms with E-state index >= 15 is 0 Å². The van der Waals surface area contributed by atoms with Gasteiger partial charge in [0.2, 0.25) is 0 Å². The van der Waals surface area contributed by atoms with Gasteiger partial charge in [-0.15, -0.1) is 0 Å². The number of imidazole rings is 1. The first-order chi connectivity index (χ1) is 8.86. The van der Waals surface area contributed by atoms with E-state index in [0.717, 1.165) is 30.5 Å². The lowest BCUT2D eigenvalue weighted by Crippen LogP contribution is -2.15. The van der Waals surface area contributed by atoms with Crippen LogP contribution in [0.3, 0.4) is 0 Å². The van der Waals surface area contributed by atoms with Crippen LogP contribution in [0.4, 0.5) is 0 Å². The van der Waals surface area contributed by atoms with Gasteiger partial charge in [0.15, 0.2) is 0 Å². The van der Waals surface area contributed by atoms with Gasteiger partial charge in [-0.2, -0.15) is 0 Å². The highest BCUT2D eigenvalue weighted by Gasteiger charge is 2.20. The smallest absolute Gasteiger partial charge is 0.112 e. The molecule has 0 amide bonds. The first kappa shape index (κ1) is 11.4. The van der Waals surface area contributed by atoms with Gasteiger partial charge >= 0.3 is 0 Å². The van der Waals surface area contributed by atoms with Crippen LogP contribution in [-0.2, 0) is 13.0 Å². The second kappa shape index (κ2) is 4.90. The number of rotatable bonds is 5. The van der Waals surface area contributed by atoms with Crippen LogP contribution in [-0.4, -0.2) is 20.6 Å². The van der Waals surface area contributed by atoms with Gasteiger partial charge in [0, 0.05) is 37.6 Å². The SMILES string of the molecule is CCc1nccn1-c1cncc(CNC2CC2)c1. The van der Waals surface area contributed by atoms with Crippen LogP contribution >= 0.6 is 0 Å². The molecule has 4 heteroatoms. The number of aryl methyl sites for hydroxylation is 1. The summed E-state index contributed by atoms with van der Waals surface area (Å²) in [6, 6.07) is 2.91. The summed E-state index contributed by atoms with van der Waals surface area (Å²) >= 11 is 0. The molecule has 0 aromatic carbocycles. The zero-order valence-corrected chi connectivity index (χ0v) is 10.6. The van der Waals surface area contributed by atoms with Crippen molar-refractivity contribution in [3.05, 3.63) is 42.2 Å². The molecule has 0 atom stereocenters. The topological polar surface area (TPSA) is 42.7 Å². The normalized spacial score (nSPS) is 14.9. The fraction of sp³-hybridized carbons (Fsp3) is 0.429. The second-order valence-corrected chi connectivity index (χ2v) is 4.77. The zero-order chi connectivity index (χ0) is 12.4. The monoisotopic (exact) mass is 242 g/mol. The van der Waals surface area contributed by atoms with E-state index in [9.17, 15) is 0 Å². The predicted molar refractivity (Wildman–Crippen MR) is 70.6 cm³/mol. The Morgan fingerprint density at radius 1 is 1.39 bits per heavy atom. The van der Waals surface area contributed by atoms with Gasteiger partial charge in [-0.05, 0) is 24.5 Å². The first-order valence-corrected chi connectivity index (χ1v) is 6.56. The molecule has 0 saturated heterocycles. The molecule has 0 spiro atoms. The molecule has 3 rings (SSSR count). The summed E-state index contributed by atoms with van der Waals surface area (Å²) in [5, 5.41) is 3.51. The summed E-state index contributed by atoms with van der Waals surface area (Å²) in [5.74, 6) is 1.07. The Bertz CT molecular complexity index is 528. The lowest BCUT2D eigenvalue weighted by atomic mass is 10.2. The van der Waals surface area contributed by atoms with E-state index in [1.54, 1.807) is 0 Å². The van der Waals surface area contributed by atoms with Crippen LogP contribution in [0.25, 0.3) is 5.69 Å². The first-order valence-electron chi connectivity index (χ1n) is 6.56. The van der Waals surface area contributed by atoms with Crippen LogP contribution in [0, 0.1) is 0 Å². The minimum Gasteiger partial charge on any atom is -0.310 e. The lowest BCUT2D eigenvalue weighted by Gasteiger charge is -2.08. The Morgan fingerprint density at radius 2 is 2.28 bits per heavy atom. The third-order valence-corrected chi connectivity index (χ3v) is 3.26. The predicted octanol–water partition coefficient (Wildman–Crippen LogP) is 2.08. The maximum atomic E-state index is 4.34.